The Morgan fingerprint density at radius 1 is 1.11 bits per heavy atom. The van der Waals surface area contributed by atoms with E-state index >= 15 is 0 Å². The summed E-state index contributed by atoms with van der Waals surface area (Å²) in [7, 11) is 0. The molecule has 5 nitrogen and oxygen atoms in total. The molecule has 0 radical (unpaired) electrons. The number of halogens is 1. The molecule has 0 saturated carbocycles. The van der Waals surface area contributed by atoms with E-state index in [4.69, 9.17) is 0 Å². The molecule has 3 heterocycles. The van der Waals surface area contributed by atoms with Gasteiger partial charge in [0.2, 0.25) is 0 Å². The summed E-state index contributed by atoms with van der Waals surface area (Å²) in [5.41, 5.74) is 0. The second kappa shape index (κ2) is 5.52. The summed E-state index contributed by atoms with van der Waals surface area (Å²) in [5.74, 6) is 1.10. The molecule has 0 aliphatic carbocycles. The van der Waals surface area contributed by atoms with Gasteiger partial charge in [-0.2, -0.15) is 0 Å². The standard InChI is InChI=1S/C11H12IN5S/c12-8-6-13-10(14-7-8)18-11-16-15-9-4-2-1-3-5-17(9)11/h6-7H,1-5H2. The topological polar surface area (TPSA) is 56.5 Å². The van der Waals surface area contributed by atoms with E-state index in [0.29, 0.717) is 0 Å². The average molecular weight is 373 g/mol. The molecule has 0 saturated heterocycles. The molecule has 0 spiro atoms. The van der Waals surface area contributed by atoms with Crippen molar-refractivity contribution in [2.45, 2.75) is 42.5 Å². The Balaban J connectivity index is 1.84. The van der Waals surface area contributed by atoms with Gasteiger partial charge in [-0.15, -0.1) is 10.2 Å². The summed E-state index contributed by atoms with van der Waals surface area (Å²) in [6.07, 6.45) is 8.34. The predicted molar refractivity (Wildman–Crippen MR) is 76.4 cm³/mol. The van der Waals surface area contributed by atoms with E-state index in [0.717, 1.165) is 32.7 Å². The smallest absolute Gasteiger partial charge is 0.199 e. The lowest BCUT2D eigenvalue weighted by Crippen LogP contribution is -2.02. The number of hydrogen-bond acceptors (Lipinski definition) is 5. The van der Waals surface area contributed by atoms with E-state index in [1.165, 1.54) is 31.0 Å². The van der Waals surface area contributed by atoms with Crippen molar-refractivity contribution in [3.63, 3.8) is 0 Å². The minimum Gasteiger partial charge on any atom is -0.306 e. The first-order chi connectivity index (χ1) is 8.83. The first kappa shape index (κ1) is 12.3. The number of fused-ring (bicyclic) bond motifs is 1. The minimum atomic E-state index is 0.731. The van der Waals surface area contributed by atoms with Crippen LogP contribution in [0.1, 0.15) is 25.1 Å². The molecule has 7 heteroatoms. The molecule has 94 valence electrons. The predicted octanol–water partition coefficient (Wildman–Crippen LogP) is 2.55. The Kier molecular flexibility index (Phi) is 3.78. The van der Waals surface area contributed by atoms with E-state index in [2.05, 4.69) is 47.3 Å². The first-order valence-electron chi connectivity index (χ1n) is 5.90. The summed E-state index contributed by atoms with van der Waals surface area (Å²) >= 11 is 3.69. The zero-order chi connectivity index (χ0) is 12.4. The molecule has 2 aromatic heterocycles. The van der Waals surface area contributed by atoms with Crippen molar-refractivity contribution >= 4 is 34.4 Å². The molecule has 0 fully saturated rings. The quantitative estimate of drug-likeness (QED) is 0.598. The molecule has 2 aromatic rings. The molecule has 0 bridgehead atoms. The van der Waals surface area contributed by atoms with Gasteiger partial charge in [-0.25, -0.2) is 9.97 Å². The zero-order valence-corrected chi connectivity index (χ0v) is 12.7. The fourth-order valence-electron chi connectivity index (χ4n) is 1.97. The van der Waals surface area contributed by atoms with Gasteiger partial charge in [-0.05, 0) is 47.2 Å². The number of rotatable bonds is 2. The number of aryl methyl sites for hydroxylation is 1. The number of hydrogen-bond donors (Lipinski definition) is 0. The van der Waals surface area contributed by atoms with E-state index in [1.54, 1.807) is 0 Å². The molecule has 0 aromatic carbocycles. The van der Waals surface area contributed by atoms with Crippen LogP contribution in [0, 0.1) is 3.57 Å². The van der Waals surface area contributed by atoms with Crippen molar-refractivity contribution < 1.29 is 0 Å². The lowest BCUT2D eigenvalue weighted by atomic mass is 10.2. The summed E-state index contributed by atoms with van der Waals surface area (Å²) in [6.45, 7) is 1.01. The van der Waals surface area contributed by atoms with Crippen LogP contribution < -0.4 is 0 Å². The second-order valence-corrected chi connectivity index (χ2v) is 6.33. The summed E-state index contributed by atoms with van der Waals surface area (Å²) < 4.78 is 3.25. The third-order valence-electron chi connectivity index (χ3n) is 2.85. The van der Waals surface area contributed by atoms with Crippen LogP contribution >= 0.6 is 34.4 Å². The van der Waals surface area contributed by atoms with Crippen molar-refractivity contribution in [1.82, 2.24) is 24.7 Å². The Bertz CT molecular complexity index is 539. The van der Waals surface area contributed by atoms with Gasteiger partial charge in [-0.3, -0.25) is 0 Å². The highest BCUT2D eigenvalue weighted by Gasteiger charge is 2.16. The fourth-order valence-corrected chi connectivity index (χ4v) is 3.01. The van der Waals surface area contributed by atoms with Crippen LogP contribution in [0.15, 0.2) is 22.7 Å². The first-order valence-corrected chi connectivity index (χ1v) is 7.80. The van der Waals surface area contributed by atoms with E-state index in [1.807, 2.05) is 12.4 Å². The van der Waals surface area contributed by atoms with Crippen LogP contribution in [0.3, 0.4) is 0 Å². The Morgan fingerprint density at radius 2 is 1.94 bits per heavy atom. The zero-order valence-electron chi connectivity index (χ0n) is 9.71. The van der Waals surface area contributed by atoms with Crippen molar-refractivity contribution in [2.24, 2.45) is 0 Å². The molecule has 1 aliphatic heterocycles. The highest BCUT2D eigenvalue weighted by Crippen LogP contribution is 2.25. The summed E-state index contributed by atoms with van der Waals surface area (Å²) in [4.78, 5) is 8.58. The maximum Gasteiger partial charge on any atom is 0.199 e. The molecule has 0 amide bonds. The summed E-state index contributed by atoms with van der Waals surface area (Å²) in [5, 5.41) is 10.2. The van der Waals surface area contributed by atoms with Gasteiger partial charge in [0.05, 0.1) is 0 Å². The van der Waals surface area contributed by atoms with Crippen LogP contribution in [0.25, 0.3) is 0 Å². The normalized spacial score (nSPS) is 15.2. The molecular weight excluding hydrogens is 361 g/mol. The fraction of sp³-hybridized carbons (Fsp3) is 0.455. The summed E-state index contributed by atoms with van der Waals surface area (Å²) in [6, 6.07) is 0. The van der Waals surface area contributed by atoms with Gasteiger partial charge in [0, 0.05) is 28.9 Å². The van der Waals surface area contributed by atoms with Crippen LogP contribution in [0.4, 0.5) is 0 Å². The van der Waals surface area contributed by atoms with Gasteiger partial charge >= 0.3 is 0 Å². The van der Waals surface area contributed by atoms with Crippen LogP contribution in [0.2, 0.25) is 0 Å². The lowest BCUT2D eigenvalue weighted by molar-refractivity contribution is 0.590. The average Bonchev–Trinajstić information content (AvgIpc) is 2.62. The number of nitrogens with zero attached hydrogens (tertiary/aromatic N) is 5. The molecule has 0 N–H and O–H groups in total. The maximum atomic E-state index is 4.29. The molecule has 0 atom stereocenters. The van der Waals surface area contributed by atoms with Gasteiger partial charge in [0.25, 0.3) is 0 Å². The van der Waals surface area contributed by atoms with Gasteiger partial charge in [-0.1, -0.05) is 6.42 Å². The lowest BCUT2D eigenvalue weighted by Gasteiger charge is -2.05. The van der Waals surface area contributed by atoms with Gasteiger partial charge in [0.15, 0.2) is 10.3 Å². The minimum absolute atomic E-state index is 0.731. The number of aromatic nitrogens is 5. The van der Waals surface area contributed by atoms with E-state index in [9.17, 15) is 0 Å². The van der Waals surface area contributed by atoms with E-state index < -0.39 is 0 Å². The van der Waals surface area contributed by atoms with Crippen LogP contribution in [-0.4, -0.2) is 24.7 Å². The second-order valence-electron chi connectivity index (χ2n) is 4.15. The van der Waals surface area contributed by atoms with Crippen LogP contribution in [-0.2, 0) is 13.0 Å². The van der Waals surface area contributed by atoms with Gasteiger partial charge in [0.1, 0.15) is 5.82 Å². The van der Waals surface area contributed by atoms with Crippen LogP contribution in [0.5, 0.6) is 0 Å². The van der Waals surface area contributed by atoms with Crippen molar-refractivity contribution in [3.8, 4) is 0 Å². The van der Waals surface area contributed by atoms with Gasteiger partial charge < -0.3 is 4.57 Å². The largest absolute Gasteiger partial charge is 0.306 e. The molecule has 3 rings (SSSR count). The Hall–Kier alpha value is -0.700. The molecular formula is C11H12IN5S. The molecule has 18 heavy (non-hydrogen) atoms. The molecule has 1 aliphatic rings. The Labute approximate surface area is 123 Å². The van der Waals surface area contributed by atoms with Crippen molar-refractivity contribution in [1.29, 1.82) is 0 Å². The molecule has 0 unspecified atom stereocenters. The highest BCUT2D eigenvalue weighted by molar-refractivity contribution is 14.1. The SMILES string of the molecule is Ic1cnc(Sc2nnc3n2CCCCC3)nc1. The van der Waals surface area contributed by atoms with Crippen molar-refractivity contribution in [2.75, 3.05) is 0 Å². The third-order valence-corrected chi connectivity index (χ3v) is 4.29. The van der Waals surface area contributed by atoms with E-state index in [-0.39, 0.29) is 0 Å². The monoisotopic (exact) mass is 373 g/mol. The highest BCUT2D eigenvalue weighted by atomic mass is 127. The third kappa shape index (κ3) is 2.66. The Morgan fingerprint density at radius 3 is 2.78 bits per heavy atom. The van der Waals surface area contributed by atoms with Crippen molar-refractivity contribution in [3.05, 3.63) is 21.8 Å². The maximum absolute atomic E-state index is 4.29.